The van der Waals surface area contributed by atoms with Gasteiger partial charge in [-0.05, 0) is 30.6 Å². The van der Waals surface area contributed by atoms with Crippen molar-refractivity contribution in [1.29, 1.82) is 0 Å². The summed E-state index contributed by atoms with van der Waals surface area (Å²) in [7, 11) is 2.13. The summed E-state index contributed by atoms with van der Waals surface area (Å²) in [4.78, 5) is 2.09. The van der Waals surface area contributed by atoms with Gasteiger partial charge in [0.2, 0.25) is 0 Å². The molecule has 2 N–H and O–H groups in total. The minimum atomic E-state index is -1.47. The number of anilines is 1. The molecule has 110 valence electrons. The lowest BCUT2D eigenvalue weighted by Gasteiger charge is -2.21. The molecule has 21 heavy (non-hydrogen) atoms. The number of ether oxygens (including phenoxy) is 1. The van der Waals surface area contributed by atoms with E-state index in [1.54, 1.807) is 25.3 Å². The van der Waals surface area contributed by atoms with Gasteiger partial charge in [-0.25, -0.2) is 0 Å². The van der Waals surface area contributed by atoms with E-state index in [9.17, 15) is 10.0 Å². The zero-order valence-electron chi connectivity index (χ0n) is 12.6. The van der Waals surface area contributed by atoms with Gasteiger partial charge in [0.1, 0.15) is 5.75 Å². The third-order valence-electron chi connectivity index (χ3n) is 3.48. The van der Waals surface area contributed by atoms with Crippen LogP contribution in [0.3, 0.4) is 0 Å². The highest BCUT2D eigenvalue weighted by atomic mass is 16.5. The van der Waals surface area contributed by atoms with Gasteiger partial charge in [0.05, 0.1) is 7.11 Å². The second kappa shape index (κ2) is 6.65. The molecule has 0 aliphatic heterocycles. The van der Waals surface area contributed by atoms with Gasteiger partial charge in [-0.1, -0.05) is 29.8 Å². The predicted molar refractivity (Wildman–Crippen MR) is 86.1 cm³/mol. The first-order valence-electron chi connectivity index (χ1n) is 6.82. The van der Waals surface area contributed by atoms with Gasteiger partial charge < -0.3 is 19.7 Å². The van der Waals surface area contributed by atoms with Crippen LogP contribution in [0.2, 0.25) is 0 Å². The fraction of sp³-hybridized carbons (Fsp3) is 0.250. The van der Waals surface area contributed by atoms with Gasteiger partial charge in [0.25, 0.3) is 0 Å². The fourth-order valence-electron chi connectivity index (χ4n) is 2.23. The number of benzene rings is 2. The minimum Gasteiger partial charge on any atom is -0.496 e. The van der Waals surface area contributed by atoms with Crippen LogP contribution in [0.4, 0.5) is 5.69 Å². The van der Waals surface area contributed by atoms with Crippen molar-refractivity contribution in [3.63, 3.8) is 0 Å². The molecule has 2 aromatic carbocycles. The molecular formula is C16H20BNO3. The van der Waals surface area contributed by atoms with Crippen molar-refractivity contribution in [2.75, 3.05) is 19.1 Å². The van der Waals surface area contributed by atoms with Crippen LogP contribution in [-0.4, -0.2) is 31.3 Å². The summed E-state index contributed by atoms with van der Waals surface area (Å²) in [6.07, 6.45) is 0. The molecular weight excluding hydrogens is 265 g/mol. The first-order chi connectivity index (χ1) is 10.0. The summed E-state index contributed by atoms with van der Waals surface area (Å²) >= 11 is 0. The Hall–Kier alpha value is -1.98. The molecule has 0 fully saturated rings. The van der Waals surface area contributed by atoms with Gasteiger partial charge in [0.15, 0.2) is 0 Å². The van der Waals surface area contributed by atoms with E-state index in [1.165, 1.54) is 5.56 Å². The van der Waals surface area contributed by atoms with E-state index >= 15 is 0 Å². The molecule has 5 heteroatoms. The Bertz CT molecular complexity index is 599. The van der Waals surface area contributed by atoms with E-state index in [4.69, 9.17) is 4.74 Å². The minimum absolute atomic E-state index is 0.461. The van der Waals surface area contributed by atoms with Crippen LogP contribution in [0, 0.1) is 6.92 Å². The number of nitrogens with zero attached hydrogens (tertiary/aromatic N) is 1. The highest BCUT2D eigenvalue weighted by Gasteiger charge is 2.15. The van der Waals surface area contributed by atoms with Crippen molar-refractivity contribution in [2.45, 2.75) is 13.5 Å². The smallest absolute Gasteiger partial charge is 0.488 e. The van der Waals surface area contributed by atoms with Gasteiger partial charge in [-0.3, -0.25) is 0 Å². The zero-order valence-corrected chi connectivity index (χ0v) is 12.6. The Morgan fingerprint density at radius 1 is 1.10 bits per heavy atom. The van der Waals surface area contributed by atoms with Crippen molar-refractivity contribution >= 4 is 18.3 Å². The fourth-order valence-corrected chi connectivity index (χ4v) is 2.23. The van der Waals surface area contributed by atoms with E-state index in [1.807, 2.05) is 7.05 Å². The predicted octanol–water partition coefficient (Wildman–Crippen LogP) is 1.32. The van der Waals surface area contributed by atoms with E-state index < -0.39 is 7.12 Å². The van der Waals surface area contributed by atoms with E-state index in [0.717, 1.165) is 17.0 Å². The molecule has 0 radical (unpaired) electrons. The summed E-state index contributed by atoms with van der Waals surface area (Å²) in [6, 6.07) is 13.4. The first kappa shape index (κ1) is 15.4. The van der Waals surface area contributed by atoms with Crippen LogP contribution < -0.4 is 15.1 Å². The Labute approximate surface area is 125 Å². The Morgan fingerprint density at radius 2 is 1.76 bits per heavy atom. The molecule has 0 atom stereocenters. The topological polar surface area (TPSA) is 52.9 Å². The molecule has 0 amide bonds. The first-order valence-corrected chi connectivity index (χ1v) is 6.82. The lowest BCUT2D eigenvalue weighted by molar-refractivity contribution is 0.409. The number of rotatable bonds is 5. The highest BCUT2D eigenvalue weighted by molar-refractivity contribution is 6.58. The van der Waals surface area contributed by atoms with Crippen LogP contribution in [0.15, 0.2) is 42.5 Å². The Kier molecular flexibility index (Phi) is 4.88. The second-order valence-electron chi connectivity index (χ2n) is 5.14. The highest BCUT2D eigenvalue weighted by Crippen LogP contribution is 2.21. The lowest BCUT2D eigenvalue weighted by Crippen LogP contribution is -2.30. The Balaban J connectivity index is 2.24. The van der Waals surface area contributed by atoms with Gasteiger partial charge in [0, 0.05) is 24.8 Å². The molecule has 2 rings (SSSR count). The lowest BCUT2D eigenvalue weighted by atomic mass is 9.79. The molecule has 2 aromatic rings. The van der Waals surface area contributed by atoms with Crippen molar-refractivity contribution in [1.82, 2.24) is 0 Å². The molecule has 0 aliphatic carbocycles. The number of hydrogen-bond donors (Lipinski definition) is 2. The van der Waals surface area contributed by atoms with Crippen molar-refractivity contribution in [3.8, 4) is 5.75 Å². The molecule has 0 saturated heterocycles. The summed E-state index contributed by atoms with van der Waals surface area (Å²) in [6.45, 7) is 2.67. The molecule has 0 spiro atoms. The quantitative estimate of drug-likeness (QED) is 0.814. The van der Waals surface area contributed by atoms with Gasteiger partial charge in [-0.2, -0.15) is 0 Å². The van der Waals surface area contributed by atoms with E-state index in [2.05, 4.69) is 36.1 Å². The summed E-state index contributed by atoms with van der Waals surface area (Å²) < 4.78 is 5.35. The molecule has 0 heterocycles. The number of methoxy groups -OCH3 is 1. The standard InChI is InChI=1S/C16H20BNO3/c1-12-4-7-15(8-5-12)18(2)11-13-10-14(17(19)20)6-9-16(13)21-3/h4-10,19-20H,11H2,1-3H3. The monoisotopic (exact) mass is 285 g/mol. The third-order valence-corrected chi connectivity index (χ3v) is 3.48. The van der Waals surface area contributed by atoms with Crippen molar-refractivity contribution < 1.29 is 14.8 Å². The maximum absolute atomic E-state index is 9.29. The number of aryl methyl sites for hydroxylation is 1. The van der Waals surface area contributed by atoms with Crippen LogP contribution in [0.25, 0.3) is 0 Å². The van der Waals surface area contributed by atoms with Crippen LogP contribution in [0.5, 0.6) is 5.75 Å². The second-order valence-corrected chi connectivity index (χ2v) is 5.14. The van der Waals surface area contributed by atoms with Crippen LogP contribution in [-0.2, 0) is 6.54 Å². The maximum atomic E-state index is 9.29. The number of hydrogen-bond acceptors (Lipinski definition) is 4. The van der Waals surface area contributed by atoms with Crippen molar-refractivity contribution in [2.24, 2.45) is 0 Å². The molecule has 0 bridgehead atoms. The average molecular weight is 285 g/mol. The third kappa shape index (κ3) is 3.77. The van der Waals surface area contributed by atoms with E-state index in [-0.39, 0.29) is 0 Å². The summed E-state index contributed by atoms with van der Waals surface area (Å²) in [5.41, 5.74) is 3.68. The van der Waals surface area contributed by atoms with E-state index in [0.29, 0.717) is 12.0 Å². The van der Waals surface area contributed by atoms with Crippen LogP contribution in [0.1, 0.15) is 11.1 Å². The molecule has 4 nitrogen and oxygen atoms in total. The summed E-state index contributed by atoms with van der Waals surface area (Å²) in [5, 5.41) is 18.6. The van der Waals surface area contributed by atoms with Crippen LogP contribution >= 0.6 is 0 Å². The SMILES string of the molecule is COc1ccc(B(O)O)cc1CN(C)c1ccc(C)cc1. The molecule has 0 aromatic heterocycles. The van der Waals surface area contributed by atoms with Gasteiger partial charge in [-0.15, -0.1) is 0 Å². The summed E-state index contributed by atoms with van der Waals surface area (Å²) in [5.74, 6) is 0.735. The Morgan fingerprint density at radius 3 is 2.33 bits per heavy atom. The normalized spacial score (nSPS) is 10.3. The maximum Gasteiger partial charge on any atom is 0.488 e. The largest absolute Gasteiger partial charge is 0.496 e. The zero-order chi connectivity index (χ0) is 15.4. The molecule has 0 unspecified atom stereocenters. The van der Waals surface area contributed by atoms with Crippen molar-refractivity contribution in [3.05, 3.63) is 53.6 Å². The van der Waals surface area contributed by atoms with Gasteiger partial charge >= 0.3 is 7.12 Å². The average Bonchev–Trinajstić information content (AvgIpc) is 2.47. The molecule has 0 aliphatic rings. The molecule has 0 saturated carbocycles.